The quantitative estimate of drug-likeness (QED) is 0.183. The smallest absolute Gasteiger partial charge is 0.209 e. The molecule has 1 unspecified atom stereocenters. The molecule has 2 heterocycles. The molecule has 8 rings (SSSR count). The number of aryl methyl sites for hydroxylation is 2. The zero-order valence-corrected chi connectivity index (χ0v) is 29.2. The first-order valence-electron chi connectivity index (χ1n) is 15.6. The zero-order valence-electron chi connectivity index (χ0n) is 27.6. The van der Waals surface area contributed by atoms with Crippen molar-refractivity contribution in [1.82, 2.24) is 0 Å². The molecule has 2 aliphatic carbocycles. The van der Waals surface area contributed by atoms with Gasteiger partial charge in [0.15, 0.2) is 34.5 Å². The molecule has 2 aliphatic heterocycles. The van der Waals surface area contributed by atoms with Gasteiger partial charge in [-0.1, -0.05) is 27.7 Å². The van der Waals surface area contributed by atoms with E-state index in [-0.39, 0.29) is 47.3 Å². The van der Waals surface area contributed by atoms with Crippen LogP contribution in [0.25, 0.3) is 0 Å². The molecule has 10 heteroatoms. The van der Waals surface area contributed by atoms with Gasteiger partial charge < -0.3 is 18.9 Å². The number of fused-ring (bicyclic) bond motifs is 8. The van der Waals surface area contributed by atoms with Gasteiger partial charge in [0, 0.05) is 17.5 Å². The van der Waals surface area contributed by atoms with Gasteiger partial charge >= 0.3 is 0 Å². The molecule has 0 saturated heterocycles. The summed E-state index contributed by atoms with van der Waals surface area (Å²) in [6.45, 7) is 12.5. The van der Waals surface area contributed by atoms with Gasteiger partial charge in [0.25, 0.3) is 0 Å². The minimum Gasteiger partial charge on any atom is -0.493 e. The van der Waals surface area contributed by atoms with Crippen LogP contribution >= 0.6 is 0 Å². The number of benzene rings is 4. The third-order valence-electron chi connectivity index (χ3n) is 10.8. The highest BCUT2D eigenvalue weighted by atomic mass is 32.2. The maximum absolute atomic E-state index is 13.9. The Morgan fingerprint density at radius 1 is 0.532 bits per heavy atom. The van der Waals surface area contributed by atoms with Crippen LogP contribution in [-0.4, -0.2) is 31.1 Å². The predicted molar refractivity (Wildman–Crippen MR) is 175 cm³/mol. The monoisotopic (exact) mass is 672 g/mol. The largest absolute Gasteiger partial charge is 0.493 e. The van der Waals surface area contributed by atoms with Crippen LogP contribution in [0.5, 0.6) is 34.5 Å². The third-order valence-corrected chi connectivity index (χ3v) is 14.7. The summed E-state index contributed by atoms with van der Waals surface area (Å²) >= 11 is 0. The van der Waals surface area contributed by atoms with Gasteiger partial charge in [-0.3, -0.25) is 0 Å². The van der Waals surface area contributed by atoms with Crippen molar-refractivity contribution >= 4 is 19.7 Å². The lowest BCUT2D eigenvalue weighted by Gasteiger charge is -2.31. The Bertz CT molecular complexity index is 2330. The van der Waals surface area contributed by atoms with E-state index in [1.807, 2.05) is 12.1 Å². The molecule has 0 amide bonds. The molecule has 4 aliphatic rings. The summed E-state index contributed by atoms with van der Waals surface area (Å²) in [6.07, 6.45) is 1.71. The van der Waals surface area contributed by atoms with Gasteiger partial charge in [0.2, 0.25) is 19.7 Å². The Balaban J connectivity index is 1.29. The summed E-state index contributed by atoms with van der Waals surface area (Å²) in [5.74, 6) is 2.57. The van der Waals surface area contributed by atoms with Gasteiger partial charge in [0.1, 0.15) is 0 Å². The van der Waals surface area contributed by atoms with Crippen LogP contribution in [0.3, 0.4) is 0 Å². The number of hydrogen-bond acceptors (Lipinski definition) is 8. The van der Waals surface area contributed by atoms with Crippen LogP contribution < -0.4 is 18.9 Å². The van der Waals surface area contributed by atoms with Crippen molar-refractivity contribution in [3.8, 4) is 34.5 Å². The summed E-state index contributed by atoms with van der Waals surface area (Å²) in [7, 11) is -5.02. The number of ether oxygens (including phenoxy) is 4. The first-order valence-corrected chi connectivity index (χ1v) is 18.5. The van der Waals surface area contributed by atoms with Crippen LogP contribution in [0.2, 0.25) is 0 Å². The average Bonchev–Trinajstić information content (AvgIpc) is 3.36. The van der Waals surface area contributed by atoms with Crippen molar-refractivity contribution in [2.24, 2.45) is 0 Å². The van der Waals surface area contributed by atoms with Crippen molar-refractivity contribution < 1.29 is 35.8 Å². The fourth-order valence-electron chi connectivity index (χ4n) is 8.56. The van der Waals surface area contributed by atoms with E-state index in [4.69, 9.17) is 18.9 Å². The van der Waals surface area contributed by atoms with Crippen molar-refractivity contribution in [2.45, 2.75) is 90.2 Å². The van der Waals surface area contributed by atoms with Crippen molar-refractivity contribution in [3.63, 3.8) is 0 Å². The van der Waals surface area contributed by atoms with Crippen LogP contribution in [0, 0.1) is 13.8 Å². The number of methoxy groups -OCH3 is 2. The Morgan fingerprint density at radius 3 is 1.32 bits per heavy atom. The lowest BCUT2D eigenvalue weighted by molar-refractivity contribution is 0.347. The molecule has 0 fully saturated rings. The zero-order chi connectivity index (χ0) is 33.6. The number of sulfone groups is 2. The van der Waals surface area contributed by atoms with Crippen molar-refractivity contribution in [3.05, 3.63) is 81.9 Å². The second-order valence-electron chi connectivity index (χ2n) is 14.6. The van der Waals surface area contributed by atoms with E-state index in [0.29, 0.717) is 34.1 Å². The fourth-order valence-corrected chi connectivity index (χ4v) is 12.8. The molecule has 0 N–H and O–H groups in total. The minimum atomic E-state index is -4.16. The summed E-state index contributed by atoms with van der Waals surface area (Å²) in [5, 5.41) is 0. The molecule has 4 aromatic carbocycles. The average molecular weight is 673 g/mol. The second-order valence-corrected chi connectivity index (χ2v) is 18.4. The van der Waals surface area contributed by atoms with Gasteiger partial charge in [-0.05, 0) is 107 Å². The van der Waals surface area contributed by atoms with Gasteiger partial charge in [-0.2, -0.15) is 0 Å². The molecule has 8 nitrogen and oxygen atoms in total. The van der Waals surface area contributed by atoms with Crippen LogP contribution in [-0.2, 0) is 35.9 Å². The molecule has 1 atom stereocenters. The first kappa shape index (κ1) is 30.3. The SMILES string of the molecule is COc1cc2c(cc1OC)C1(CC2(C)C)CC(C)(C)c2cc3c(cc21)Oc1cc2c(cc1O3)S(=O)(=O)c1cc(C)c(C)cc1S2(=O)=O. The highest BCUT2D eigenvalue weighted by molar-refractivity contribution is 7.97. The molecule has 0 radical (unpaired) electrons. The fraction of sp³-hybridized carbons (Fsp3) is 0.351. The van der Waals surface area contributed by atoms with Gasteiger partial charge in [-0.15, -0.1) is 0 Å². The van der Waals surface area contributed by atoms with Gasteiger partial charge in [0.05, 0.1) is 33.8 Å². The van der Waals surface area contributed by atoms with Crippen molar-refractivity contribution in [1.29, 1.82) is 0 Å². The molecule has 4 aromatic rings. The summed E-state index contributed by atoms with van der Waals surface area (Å²) in [5.41, 5.74) is 5.30. The standard InChI is InChI=1S/C37H36O8S2/c1-19-9-31-32(10-20(19)2)47(40,41)34-16-30-29(15-33(34)46(31,38)39)44-27-12-22-24(14-28(27)45-30)37(18-36(22,5)6)17-35(3,4)21-11-25(42-7)26(43-8)13-23(21)37/h9-16H,17-18H2,1-8H3. The van der Waals surface area contributed by atoms with E-state index in [0.717, 1.165) is 24.0 Å². The van der Waals surface area contributed by atoms with E-state index in [1.165, 1.54) is 35.4 Å². The summed E-state index contributed by atoms with van der Waals surface area (Å²) < 4.78 is 79.6. The van der Waals surface area contributed by atoms with Gasteiger partial charge in [-0.25, -0.2) is 16.8 Å². The maximum Gasteiger partial charge on any atom is 0.209 e. The molecular formula is C37H36O8S2. The predicted octanol–water partition coefficient (Wildman–Crippen LogP) is 7.85. The molecule has 1 spiro atoms. The second kappa shape index (κ2) is 9.11. The highest BCUT2D eigenvalue weighted by Crippen LogP contribution is 2.65. The van der Waals surface area contributed by atoms with Crippen LogP contribution in [0.15, 0.2) is 68.1 Å². The lowest BCUT2D eigenvalue weighted by Crippen LogP contribution is -2.27. The van der Waals surface area contributed by atoms with E-state index >= 15 is 0 Å². The summed E-state index contributed by atoms with van der Waals surface area (Å²) in [4.78, 5) is -1.06. The van der Waals surface area contributed by atoms with E-state index in [1.54, 1.807) is 28.1 Å². The number of rotatable bonds is 2. The molecule has 0 bridgehead atoms. The summed E-state index contributed by atoms with van der Waals surface area (Å²) in [6, 6.07) is 13.7. The molecule has 0 aromatic heterocycles. The Hall–Kier alpha value is -4.02. The Kier molecular flexibility index (Phi) is 5.88. The Morgan fingerprint density at radius 2 is 0.872 bits per heavy atom. The normalized spacial score (nSPS) is 22.5. The van der Waals surface area contributed by atoms with Crippen LogP contribution in [0.1, 0.15) is 73.9 Å². The van der Waals surface area contributed by atoms with Crippen molar-refractivity contribution in [2.75, 3.05) is 14.2 Å². The third kappa shape index (κ3) is 3.85. The van der Waals surface area contributed by atoms with E-state index in [2.05, 4.69) is 39.8 Å². The minimum absolute atomic E-state index is 0.145. The molecule has 0 saturated carbocycles. The van der Waals surface area contributed by atoms with E-state index < -0.39 is 19.7 Å². The Labute approximate surface area is 275 Å². The lowest BCUT2D eigenvalue weighted by atomic mass is 9.72. The molecule has 244 valence electrons. The van der Waals surface area contributed by atoms with E-state index in [9.17, 15) is 16.8 Å². The highest BCUT2D eigenvalue weighted by Gasteiger charge is 2.57. The van der Waals surface area contributed by atoms with Crippen LogP contribution in [0.4, 0.5) is 0 Å². The first-order chi connectivity index (χ1) is 21.9. The number of hydrogen-bond donors (Lipinski definition) is 0. The topological polar surface area (TPSA) is 105 Å². The molecule has 47 heavy (non-hydrogen) atoms. The molecular weight excluding hydrogens is 637 g/mol. The maximum atomic E-state index is 13.9.